The molecule has 0 aromatic heterocycles. The molecule has 4 heteroatoms. The van der Waals surface area contributed by atoms with Gasteiger partial charge >= 0.3 is 0 Å². The molecule has 0 bridgehead atoms. The summed E-state index contributed by atoms with van der Waals surface area (Å²) in [7, 11) is 0. The molecule has 0 spiro atoms. The molecule has 132 valence electrons. The molecule has 1 N–H and O–H groups in total. The summed E-state index contributed by atoms with van der Waals surface area (Å²) >= 11 is 0. The number of nitrogens with one attached hydrogen (secondary N) is 1. The van der Waals surface area contributed by atoms with Gasteiger partial charge in [0.25, 0.3) is 5.91 Å². The van der Waals surface area contributed by atoms with Crippen LogP contribution in [0.4, 0.5) is 5.69 Å². The fourth-order valence-corrected chi connectivity index (χ4v) is 2.11. The van der Waals surface area contributed by atoms with Crippen LogP contribution >= 0.6 is 0 Å². The number of hydrogen-bond acceptors (Lipinski definition) is 3. The predicted molar refractivity (Wildman–Crippen MR) is 102 cm³/mol. The van der Waals surface area contributed by atoms with Gasteiger partial charge in [0, 0.05) is 17.3 Å². The molecule has 0 heterocycles. The van der Waals surface area contributed by atoms with Crippen molar-refractivity contribution < 1.29 is 14.3 Å². The average molecular weight is 339 g/mol. The van der Waals surface area contributed by atoms with Crippen LogP contribution in [0.3, 0.4) is 0 Å². The van der Waals surface area contributed by atoms with Crippen molar-refractivity contribution >= 4 is 11.6 Å². The van der Waals surface area contributed by atoms with Crippen molar-refractivity contribution in [1.82, 2.24) is 0 Å². The van der Waals surface area contributed by atoms with Gasteiger partial charge in [0.05, 0.1) is 6.61 Å². The van der Waals surface area contributed by atoms with Gasteiger partial charge in [-0.15, -0.1) is 0 Å². The summed E-state index contributed by atoms with van der Waals surface area (Å²) in [4.78, 5) is 12.4. The first-order chi connectivity index (χ1) is 12.1. The minimum Gasteiger partial charge on any atom is -0.494 e. The van der Waals surface area contributed by atoms with Crippen LogP contribution in [0.15, 0.2) is 60.7 Å². The molecule has 2 aromatic rings. The Labute approximate surface area is 149 Å². The number of hydrogen-bond donors (Lipinski definition) is 1. The molecule has 2 aromatic carbocycles. The van der Waals surface area contributed by atoms with Crippen LogP contribution in [-0.4, -0.2) is 19.1 Å². The first-order valence-corrected chi connectivity index (χ1v) is 8.50. The number of anilines is 1. The second kappa shape index (κ2) is 9.52. The Bertz CT molecular complexity index is 707. The van der Waals surface area contributed by atoms with E-state index in [1.807, 2.05) is 31.2 Å². The maximum Gasteiger partial charge on any atom is 0.255 e. The number of ether oxygens (including phenoxy) is 2. The van der Waals surface area contributed by atoms with E-state index in [4.69, 9.17) is 9.47 Å². The van der Waals surface area contributed by atoms with Gasteiger partial charge in [0.2, 0.25) is 0 Å². The van der Waals surface area contributed by atoms with Crippen molar-refractivity contribution in [2.45, 2.75) is 26.7 Å². The molecule has 0 unspecified atom stereocenters. The van der Waals surface area contributed by atoms with Gasteiger partial charge in [0.1, 0.15) is 18.1 Å². The van der Waals surface area contributed by atoms with Crippen LogP contribution in [-0.2, 0) is 0 Å². The maximum absolute atomic E-state index is 12.4. The molecule has 2 rings (SSSR count). The van der Waals surface area contributed by atoms with Gasteiger partial charge in [-0.05, 0) is 55.3 Å². The zero-order valence-electron chi connectivity index (χ0n) is 14.9. The lowest BCUT2D eigenvalue weighted by Crippen LogP contribution is -2.12. The summed E-state index contributed by atoms with van der Waals surface area (Å²) in [6.07, 6.45) is 2.10. The summed E-state index contributed by atoms with van der Waals surface area (Å²) in [5.74, 6) is 1.30. The van der Waals surface area contributed by atoms with Gasteiger partial charge in [-0.1, -0.05) is 26.0 Å². The van der Waals surface area contributed by atoms with Crippen LogP contribution in [0.2, 0.25) is 0 Å². The molecule has 1 amide bonds. The van der Waals surface area contributed by atoms with Gasteiger partial charge in [-0.25, -0.2) is 0 Å². The molecule has 4 nitrogen and oxygen atoms in total. The van der Waals surface area contributed by atoms with Crippen molar-refractivity contribution in [3.05, 3.63) is 66.2 Å². The highest BCUT2D eigenvalue weighted by atomic mass is 16.5. The Balaban J connectivity index is 1.94. The van der Waals surface area contributed by atoms with Crippen LogP contribution in [0.5, 0.6) is 11.5 Å². The monoisotopic (exact) mass is 339 g/mol. The highest BCUT2D eigenvalue weighted by Gasteiger charge is 2.07. The van der Waals surface area contributed by atoms with E-state index in [0.29, 0.717) is 30.2 Å². The molecule has 0 aliphatic rings. The van der Waals surface area contributed by atoms with E-state index < -0.39 is 0 Å². The summed E-state index contributed by atoms with van der Waals surface area (Å²) in [5.41, 5.74) is 2.23. The normalized spacial score (nSPS) is 10.2. The Morgan fingerprint density at radius 3 is 2.52 bits per heavy atom. The lowest BCUT2D eigenvalue weighted by molar-refractivity contribution is 0.102. The highest BCUT2D eigenvalue weighted by Crippen LogP contribution is 2.19. The van der Waals surface area contributed by atoms with E-state index in [1.165, 1.54) is 0 Å². The number of unbranched alkanes of at least 4 members (excludes halogenated alkanes) is 1. The largest absolute Gasteiger partial charge is 0.494 e. The Hall–Kier alpha value is -2.75. The molecule has 0 aliphatic carbocycles. The number of amides is 1. The summed E-state index contributed by atoms with van der Waals surface area (Å²) < 4.78 is 11.2. The summed E-state index contributed by atoms with van der Waals surface area (Å²) in [6, 6.07) is 14.5. The third-order valence-electron chi connectivity index (χ3n) is 3.46. The fraction of sp³-hybridized carbons (Fsp3) is 0.286. The Kier molecular flexibility index (Phi) is 7.08. The number of benzene rings is 2. The average Bonchev–Trinajstić information content (AvgIpc) is 2.61. The van der Waals surface area contributed by atoms with E-state index in [9.17, 15) is 4.79 Å². The van der Waals surface area contributed by atoms with Gasteiger partial charge in [-0.3, -0.25) is 4.79 Å². The summed E-state index contributed by atoms with van der Waals surface area (Å²) in [6.45, 7) is 8.97. The molecule has 25 heavy (non-hydrogen) atoms. The molecule has 0 fully saturated rings. The lowest BCUT2D eigenvalue weighted by Gasteiger charge is -2.10. The van der Waals surface area contributed by atoms with E-state index in [1.54, 1.807) is 24.3 Å². The zero-order chi connectivity index (χ0) is 18.1. The van der Waals surface area contributed by atoms with Crippen molar-refractivity contribution in [3.8, 4) is 11.5 Å². The third-order valence-corrected chi connectivity index (χ3v) is 3.46. The molecular weight excluding hydrogens is 314 g/mol. The standard InChI is InChI=1S/C21H25NO3/c1-4-5-13-24-20-8-6-7-18(14-20)22-21(23)17-9-11-19(12-10-17)25-15-16(2)3/h6-12,14H,2,4-5,13,15H2,1,3H3,(H,22,23). The van der Waals surface area contributed by atoms with Crippen LogP contribution in [0.25, 0.3) is 0 Å². The molecular formula is C21H25NO3. The van der Waals surface area contributed by atoms with Gasteiger partial charge in [-0.2, -0.15) is 0 Å². The van der Waals surface area contributed by atoms with Crippen LogP contribution in [0.1, 0.15) is 37.0 Å². The highest BCUT2D eigenvalue weighted by molar-refractivity contribution is 6.04. The van der Waals surface area contributed by atoms with E-state index in [2.05, 4.69) is 18.8 Å². The molecule has 0 saturated heterocycles. The van der Waals surface area contributed by atoms with Crippen molar-refractivity contribution in [2.24, 2.45) is 0 Å². The summed E-state index contributed by atoms with van der Waals surface area (Å²) in [5, 5.41) is 2.88. The third kappa shape index (κ3) is 6.34. The van der Waals surface area contributed by atoms with Gasteiger partial charge in [0.15, 0.2) is 0 Å². The minimum absolute atomic E-state index is 0.169. The SMILES string of the molecule is C=C(C)COc1ccc(C(=O)Nc2cccc(OCCCC)c2)cc1. The Morgan fingerprint density at radius 2 is 1.84 bits per heavy atom. The van der Waals surface area contributed by atoms with Crippen LogP contribution in [0, 0.1) is 0 Å². The van der Waals surface area contributed by atoms with Gasteiger partial charge < -0.3 is 14.8 Å². The number of rotatable bonds is 9. The minimum atomic E-state index is -0.169. The van der Waals surface area contributed by atoms with E-state index >= 15 is 0 Å². The molecule has 0 aliphatic heterocycles. The molecule has 0 atom stereocenters. The molecule has 0 radical (unpaired) electrons. The first-order valence-electron chi connectivity index (χ1n) is 8.50. The molecule has 0 saturated carbocycles. The predicted octanol–water partition coefficient (Wildman–Crippen LogP) is 5.07. The number of carbonyl (C=O) groups excluding carboxylic acids is 1. The van der Waals surface area contributed by atoms with Crippen molar-refractivity contribution in [1.29, 1.82) is 0 Å². The van der Waals surface area contributed by atoms with Crippen molar-refractivity contribution in [3.63, 3.8) is 0 Å². The first kappa shape index (κ1) is 18.6. The van der Waals surface area contributed by atoms with E-state index in [-0.39, 0.29) is 5.91 Å². The second-order valence-corrected chi connectivity index (χ2v) is 5.95. The topological polar surface area (TPSA) is 47.6 Å². The number of carbonyl (C=O) groups is 1. The van der Waals surface area contributed by atoms with Crippen LogP contribution < -0.4 is 14.8 Å². The maximum atomic E-state index is 12.4. The quantitative estimate of drug-likeness (QED) is 0.512. The Morgan fingerprint density at radius 1 is 1.08 bits per heavy atom. The zero-order valence-corrected chi connectivity index (χ0v) is 14.9. The van der Waals surface area contributed by atoms with Crippen molar-refractivity contribution in [2.75, 3.05) is 18.5 Å². The lowest BCUT2D eigenvalue weighted by atomic mass is 10.2. The van der Waals surface area contributed by atoms with E-state index in [0.717, 1.165) is 24.2 Å². The smallest absolute Gasteiger partial charge is 0.255 e. The second-order valence-electron chi connectivity index (χ2n) is 5.95. The fourth-order valence-electron chi connectivity index (χ4n) is 2.11.